The molecule has 0 fully saturated rings. The van der Waals surface area contributed by atoms with Crippen molar-refractivity contribution in [3.63, 3.8) is 0 Å². The Morgan fingerprint density at radius 1 is 0.579 bits per heavy atom. The van der Waals surface area contributed by atoms with E-state index in [1.165, 1.54) is 77.3 Å². The highest BCUT2D eigenvalue weighted by atomic mass is 15.2. The van der Waals surface area contributed by atoms with E-state index in [1.54, 1.807) is 0 Å². The number of hydrogen-bond acceptors (Lipinski definition) is 1. The van der Waals surface area contributed by atoms with E-state index in [4.69, 9.17) is 5.10 Å². The molecule has 0 bridgehead atoms. The Kier molecular flexibility index (Phi) is 3.64. The molecule has 2 nitrogen and oxygen atoms in total. The van der Waals surface area contributed by atoms with Crippen LogP contribution in [0.3, 0.4) is 0 Å². The van der Waals surface area contributed by atoms with E-state index in [-0.39, 0.29) is 5.41 Å². The third-order valence-electron chi connectivity index (χ3n) is 9.02. The van der Waals surface area contributed by atoms with E-state index in [9.17, 15) is 0 Å². The maximum absolute atomic E-state index is 4.82. The van der Waals surface area contributed by atoms with Crippen LogP contribution in [0.4, 0.5) is 0 Å². The molecule has 0 atom stereocenters. The summed E-state index contributed by atoms with van der Waals surface area (Å²) in [4.78, 5) is 0. The lowest BCUT2D eigenvalue weighted by Gasteiger charge is -2.30. The van der Waals surface area contributed by atoms with Crippen molar-refractivity contribution < 1.29 is 0 Å². The third-order valence-corrected chi connectivity index (χ3v) is 9.02. The molecule has 1 spiro atoms. The largest absolute Gasteiger partial charge is 0.232 e. The van der Waals surface area contributed by atoms with Gasteiger partial charge in [-0.1, -0.05) is 96.6 Å². The van der Waals surface area contributed by atoms with E-state index in [2.05, 4.69) is 121 Å². The van der Waals surface area contributed by atoms with Crippen LogP contribution in [0, 0.1) is 13.8 Å². The maximum atomic E-state index is 4.82. The van der Waals surface area contributed by atoms with Crippen molar-refractivity contribution in [2.75, 3.05) is 0 Å². The highest BCUT2D eigenvalue weighted by Gasteiger charge is 2.52. The molecule has 9 rings (SSSR count). The van der Waals surface area contributed by atoms with Crippen molar-refractivity contribution in [1.82, 2.24) is 9.61 Å². The maximum Gasteiger partial charge on any atom is 0.0750 e. The smallest absolute Gasteiger partial charge is 0.0750 e. The molecule has 38 heavy (non-hydrogen) atoms. The molecule has 0 radical (unpaired) electrons. The molecule has 0 saturated carbocycles. The Bertz CT molecular complexity index is 2120. The summed E-state index contributed by atoms with van der Waals surface area (Å²) in [5.41, 5.74) is 15.4. The lowest BCUT2D eigenvalue weighted by Crippen LogP contribution is -2.25. The minimum atomic E-state index is -0.336. The molecule has 2 heterocycles. The average Bonchev–Trinajstić information content (AvgIpc) is 3.62. The molecule has 0 aliphatic heterocycles. The summed E-state index contributed by atoms with van der Waals surface area (Å²) < 4.78 is 2.14. The van der Waals surface area contributed by atoms with Gasteiger partial charge in [0.05, 0.1) is 22.6 Å². The van der Waals surface area contributed by atoms with Crippen molar-refractivity contribution in [2.24, 2.45) is 0 Å². The lowest BCUT2D eigenvalue weighted by atomic mass is 9.70. The number of nitrogens with zero attached hydrogens (tertiary/aromatic N) is 2. The van der Waals surface area contributed by atoms with Crippen LogP contribution >= 0.6 is 0 Å². The summed E-state index contributed by atoms with van der Waals surface area (Å²) in [5, 5.41) is 8.72. The normalized spacial score (nSPS) is 14.3. The zero-order chi connectivity index (χ0) is 25.2. The number of fused-ring (bicyclic) bond motifs is 17. The van der Waals surface area contributed by atoms with E-state index < -0.39 is 0 Å². The zero-order valence-electron chi connectivity index (χ0n) is 21.3. The topological polar surface area (TPSA) is 17.3 Å². The van der Waals surface area contributed by atoms with Crippen LogP contribution in [0.15, 0.2) is 109 Å². The minimum absolute atomic E-state index is 0.336. The first-order chi connectivity index (χ1) is 18.7. The second-order valence-corrected chi connectivity index (χ2v) is 10.9. The van der Waals surface area contributed by atoms with Crippen molar-refractivity contribution >= 4 is 27.2 Å². The Labute approximate surface area is 220 Å². The first kappa shape index (κ1) is 20.4. The van der Waals surface area contributed by atoms with Gasteiger partial charge >= 0.3 is 0 Å². The second kappa shape index (κ2) is 6.79. The summed E-state index contributed by atoms with van der Waals surface area (Å²) in [7, 11) is 0. The Balaban J connectivity index is 1.58. The van der Waals surface area contributed by atoms with E-state index in [0.29, 0.717) is 0 Å². The van der Waals surface area contributed by atoms with Crippen LogP contribution in [-0.4, -0.2) is 9.61 Å². The fraction of sp³-hybridized carbons (Fsp3) is 0.0833. The van der Waals surface area contributed by atoms with Gasteiger partial charge in [0, 0.05) is 10.8 Å². The minimum Gasteiger partial charge on any atom is -0.232 e. The van der Waals surface area contributed by atoms with Gasteiger partial charge < -0.3 is 0 Å². The molecule has 2 aromatic heterocycles. The first-order valence-corrected chi connectivity index (χ1v) is 13.3. The zero-order valence-corrected chi connectivity index (χ0v) is 21.3. The van der Waals surface area contributed by atoms with Crippen molar-refractivity contribution in [2.45, 2.75) is 19.3 Å². The monoisotopic (exact) mass is 484 g/mol. The van der Waals surface area contributed by atoms with Crippen LogP contribution < -0.4 is 0 Å². The predicted molar refractivity (Wildman–Crippen MR) is 156 cm³/mol. The first-order valence-electron chi connectivity index (χ1n) is 13.3. The molecule has 0 N–H and O–H groups in total. The molecular formula is C36H24N2. The number of pyridine rings is 1. The standard InChI is InChI=1S/C36H24N2/c1-21-19-22(2)33-26(20-21)35-31(38-32(33)17-18-37-38)16-15-30-34(35)25-11-5-8-14-29(25)36(30)27-12-6-3-9-23(27)24-10-4-7-13-28(24)36/h3-20H,1-2H3. The summed E-state index contributed by atoms with van der Waals surface area (Å²) >= 11 is 0. The third kappa shape index (κ3) is 2.16. The highest BCUT2D eigenvalue weighted by molar-refractivity contribution is 6.20. The van der Waals surface area contributed by atoms with Gasteiger partial charge in [0.2, 0.25) is 0 Å². The fourth-order valence-corrected chi connectivity index (χ4v) is 7.81. The van der Waals surface area contributed by atoms with Gasteiger partial charge in [-0.25, -0.2) is 4.52 Å². The SMILES string of the molecule is Cc1cc(C)c2c(c1)c1c3c(ccc1n1nccc21)C1(c2ccccc2-c2ccccc21)c1ccccc1-3. The number of hydrogen-bond donors (Lipinski definition) is 0. The molecule has 178 valence electrons. The summed E-state index contributed by atoms with van der Waals surface area (Å²) in [6, 6.07) is 38.6. The predicted octanol–water partition coefficient (Wildman–Crippen LogP) is 8.60. The molecule has 0 saturated heterocycles. The molecule has 7 aromatic rings. The highest BCUT2D eigenvalue weighted by Crippen LogP contribution is 2.64. The molecule has 0 unspecified atom stereocenters. The Morgan fingerprint density at radius 3 is 1.89 bits per heavy atom. The molecule has 0 amide bonds. The van der Waals surface area contributed by atoms with Gasteiger partial charge in [-0.3, -0.25) is 0 Å². The van der Waals surface area contributed by atoms with E-state index >= 15 is 0 Å². The fourth-order valence-electron chi connectivity index (χ4n) is 7.81. The van der Waals surface area contributed by atoms with Crippen LogP contribution in [0.1, 0.15) is 33.4 Å². The second-order valence-electron chi connectivity index (χ2n) is 10.9. The van der Waals surface area contributed by atoms with Crippen molar-refractivity contribution in [1.29, 1.82) is 0 Å². The van der Waals surface area contributed by atoms with Gasteiger partial charge in [-0.05, 0) is 81.4 Å². The summed E-state index contributed by atoms with van der Waals surface area (Å²) in [6.45, 7) is 4.44. The van der Waals surface area contributed by atoms with E-state index in [1.807, 2.05) is 6.20 Å². The molecule has 2 aliphatic rings. The summed E-state index contributed by atoms with van der Waals surface area (Å²) in [6.07, 6.45) is 1.93. The van der Waals surface area contributed by atoms with Gasteiger partial charge in [0.1, 0.15) is 0 Å². The number of aromatic nitrogens is 2. The molecular weight excluding hydrogens is 460 g/mol. The van der Waals surface area contributed by atoms with Crippen LogP contribution in [0.25, 0.3) is 49.4 Å². The number of rotatable bonds is 0. The van der Waals surface area contributed by atoms with Crippen LogP contribution in [0.2, 0.25) is 0 Å². The lowest BCUT2D eigenvalue weighted by molar-refractivity contribution is 0.794. The van der Waals surface area contributed by atoms with Gasteiger partial charge in [-0.15, -0.1) is 0 Å². The number of benzene rings is 5. The Hall–Kier alpha value is -4.69. The average molecular weight is 485 g/mol. The van der Waals surface area contributed by atoms with Crippen LogP contribution in [0.5, 0.6) is 0 Å². The van der Waals surface area contributed by atoms with Crippen molar-refractivity contribution in [3.8, 4) is 22.3 Å². The number of aryl methyl sites for hydroxylation is 2. The van der Waals surface area contributed by atoms with E-state index in [0.717, 1.165) is 5.52 Å². The molecule has 5 aromatic carbocycles. The van der Waals surface area contributed by atoms with Gasteiger partial charge in [0.25, 0.3) is 0 Å². The quantitative estimate of drug-likeness (QED) is 0.197. The van der Waals surface area contributed by atoms with Crippen LogP contribution in [-0.2, 0) is 5.41 Å². The van der Waals surface area contributed by atoms with Crippen molar-refractivity contribution in [3.05, 3.63) is 143 Å². The Morgan fingerprint density at radius 2 is 1.18 bits per heavy atom. The van der Waals surface area contributed by atoms with Gasteiger partial charge in [-0.2, -0.15) is 5.10 Å². The molecule has 2 heteroatoms. The van der Waals surface area contributed by atoms with Gasteiger partial charge in [0.15, 0.2) is 0 Å². The molecule has 2 aliphatic carbocycles. The summed E-state index contributed by atoms with van der Waals surface area (Å²) in [5.74, 6) is 0.